The largest absolute Gasteiger partial charge is 0.393 e. The molecule has 1 aromatic rings. The molecule has 0 aliphatic heterocycles. The van der Waals surface area contributed by atoms with Crippen LogP contribution in [-0.4, -0.2) is 16.2 Å². The van der Waals surface area contributed by atoms with Crippen molar-refractivity contribution in [3.8, 4) is 0 Å². The fourth-order valence-electron chi connectivity index (χ4n) is 1.39. The molecule has 84 valence electrons. The SMILES string of the molecule is CC(C)(C)C(O)CCc1cccnc1N. The van der Waals surface area contributed by atoms with Gasteiger partial charge in [0.05, 0.1) is 6.10 Å². The molecule has 0 aliphatic carbocycles. The van der Waals surface area contributed by atoms with Crippen molar-refractivity contribution >= 4 is 5.82 Å². The minimum atomic E-state index is -0.308. The van der Waals surface area contributed by atoms with Crippen LogP contribution in [0.15, 0.2) is 18.3 Å². The fourth-order valence-corrected chi connectivity index (χ4v) is 1.39. The molecule has 3 nitrogen and oxygen atoms in total. The molecule has 0 spiro atoms. The summed E-state index contributed by atoms with van der Waals surface area (Å²) in [7, 11) is 0. The van der Waals surface area contributed by atoms with Crippen molar-refractivity contribution in [1.29, 1.82) is 0 Å². The Kier molecular flexibility index (Phi) is 3.69. The highest BCUT2D eigenvalue weighted by atomic mass is 16.3. The first-order valence-corrected chi connectivity index (χ1v) is 5.28. The van der Waals surface area contributed by atoms with E-state index in [1.54, 1.807) is 6.20 Å². The van der Waals surface area contributed by atoms with Gasteiger partial charge in [-0.15, -0.1) is 0 Å². The van der Waals surface area contributed by atoms with E-state index < -0.39 is 0 Å². The van der Waals surface area contributed by atoms with Crippen molar-refractivity contribution in [2.24, 2.45) is 5.41 Å². The molecule has 15 heavy (non-hydrogen) atoms. The molecular weight excluding hydrogens is 188 g/mol. The zero-order valence-electron chi connectivity index (χ0n) is 9.70. The third kappa shape index (κ3) is 3.51. The van der Waals surface area contributed by atoms with Gasteiger partial charge in [-0.05, 0) is 29.9 Å². The van der Waals surface area contributed by atoms with E-state index >= 15 is 0 Å². The average molecular weight is 208 g/mol. The minimum absolute atomic E-state index is 0.0724. The maximum atomic E-state index is 9.88. The van der Waals surface area contributed by atoms with Crippen LogP contribution < -0.4 is 5.73 Å². The van der Waals surface area contributed by atoms with Gasteiger partial charge in [0.2, 0.25) is 0 Å². The second kappa shape index (κ2) is 4.62. The predicted octanol–water partition coefficient (Wildman–Crippen LogP) is 2.00. The standard InChI is InChI=1S/C12H20N2O/c1-12(2,3)10(15)7-6-9-5-4-8-14-11(9)13/h4-5,8,10,15H,6-7H2,1-3H3,(H2,13,14). The van der Waals surface area contributed by atoms with Crippen molar-refractivity contribution in [2.45, 2.75) is 39.7 Å². The number of aliphatic hydroxyl groups excluding tert-OH is 1. The third-order valence-electron chi connectivity index (χ3n) is 2.61. The molecular formula is C12H20N2O. The van der Waals surface area contributed by atoms with Gasteiger partial charge < -0.3 is 10.8 Å². The maximum Gasteiger partial charge on any atom is 0.126 e. The predicted molar refractivity (Wildman–Crippen MR) is 62.4 cm³/mol. The topological polar surface area (TPSA) is 59.1 Å². The van der Waals surface area contributed by atoms with Crippen molar-refractivity contribution in [3.63, 3.8) is 0 Å². The average Bonchev–Trinajstić information content (AvgIpc) is 2.14. The molecule has 0 amide bonds. The van der Waals surface area contributed by atoms with Crippen LogP contribution >= 0.6 is 0 Å². The summed E-state index contributed by atoms with van der Waals surface area (Å²) >= 11 is 0. The maximum absolute atomic E-state index is 9.88. The van der Waals surface area contributed by atoms with Gasteiger partial charge in [0.25, 0.3) is 0 Å². The highest BCUT2D eigenvalue weighted by Gasteiger charge is 2.21. The van der Waals surface area contributed by atoms with Gasteiger partial charge in [0, 0.05) is 6.20 Å². The quantitative estimate of drug-likeness (QED) is 0.798. The number of aryl methyl sites for hydroxylation is 1. The van der Waals surface area contributed by atoms with Gasteiger partial charge in [0.15, 0.2) is 0 Å². The van der Waals surface area contributed by atoms with E-state index in [4.69, 9.17) is 5.73 Å². The highest BCUT2D eigenvalue weighted by molar-refractivity contribution is 5.38. The molecule has 0 fully saturated rings. The minimum Gasteiger partial charge on any atom is -0.393 e. The van der Waals surface area contributed by atoms with Crippen LogP contribution in [0.1, 0.15) is 32.8 Å². The lowest BCUT2D eigenvalue weighted by molar-refractivity contribution is 0.0560. The zero-order valence-corrected chi connectivity index (χ0v) is 9.70. The van der Waals surface area contributed by atoms with Gasteiger partial charge >= 0.3 is 0 Å². The highest BCUT2D eigenvalue weighted by Crippen LogP contribution is 2.23. The molecule has 1 heterocycles. The number of nitrogens with two attached hydrogens (primary N) is 1. The molecule has 3 N–H and O–H groups in total. The Hall–Kier alpha value is -1.09. The van der Waals surface area contributed by atoms with Crippen molar-refractivity contribution in [1.82, 2.24) is 4.98 Å². The third-order valence-corrected chi connectivity index (χ3v) is 2.61. The Morgan fingerprint density at radius 3 is 2.67 bits per heavy atom. The summed E-state index contributed by atoms with van der Waals surface area (Å²) in [6.45, 7) is 6.10. The molecule has 0 saturated carbocycles. The molecule has 1 unspecified atom stereocenters. The van der Waals surface area contributed by atoms with Gasteiger partial charge in [0.1, 0.15) is 5.82 Å². The number of nitrogens with zero attached hydrogens (tertiary/aromatic N) is 1. The summed E-state index contributed by atoms with van der Waals surface area (Å²) in [4.78, 5) is 4.02. The van der Waals surface area contributed by atoms with Gasteiger partial charge in [-0.2, -0.15) is 0 Å². The molecule has 0 bridgehead atoms. The monoisotopic (exact) mass is 208 g/mol. The van der Waals surface area contributed by atoms with Crippen LogP contribution in [0.3, 0.4) is 0 Å². The number of pyridine rings is 1. The second-order valence-corrected chi connectivity index (χ2v) is 4.97. The van der Waals surface area contributed by atoms with E-state index in [9.17, 15) is 5.11 Å². The first kappa shape index (κ1) is 12.0. The lowest BCUT2D eigenvalue weighted by Gasteiger charge is -2.25. The number of aromatic nitrogens is 1. The van der Waals surface area contributed by atoms with E-state index in [0.717, 1.165) is 18.4 Å². The first-order chi connectivity index (χ1) is 6.91. The lowest BCUT2D eigenvalue weighted by atomic mass is 9.86. The van der Waals surface area contributed by atoms with Crippen molar-refractivity contribution in [3.05, 3.63) is 23.9 Å². The summed E-state index contributed by atoms with van der Waals surface area (Å²) < 4.78 is 0. The molecule has 0 aliphatic rings. The summed E-state index contributed by atoms with van der Waals surface area (Å²) in [5.74, 6) is 0.568. The van der Waals surface area contributed by atoms with Gasteiger partial charge in [-0.1, -0.05) is 26.8 Å². The Morgan fingerprint density at radius 1 is 1.47 bits per heavy atom. The molecule has 1 rings (SSSR count). The number of rotatable bonds is 3. The van der Waals surface area contributed by atoms with E-state index in [1.165, 1.54) is 0 Å². The Balaban J connectivity index is 2.55. The van der Waals surface area contributed by atoms with Crippen molar-refractivity contribution < 1.29 is 5.11 Å². The fraction of sp³-hybridized carbons (Fsp3) is 0.583. The van der Waals surface area contributed by atoms with Gasteiger partial charge in [-0.3, -0.25) is 0 Å². The van der Waals surface area contributed by atoms with E-state index in [-0.39, 0.29) is 11.5 Å². The number of hydrogen-bond acceptors (Lipinski definition) is 3. The number of nitrogen functional groups attached to an aromatic ring is 1. The molecule has 3 heteroatoms. The van der Waals surface area contributed by atoms with Crippen LogP contribution in [0.25, 0.3) is 0 Å². The number of anilines is 1. The summed E-state index contributed by atoms with van der Waals surface area (Å²) in [6, 6.07) is 3.83. The Labute approximate surface area is 91.3 Å². The van der Waals surface area contributed by atoms with Crippen LogP contribution in [0.5, 0.6) is 0 Å². The summed E-state index contributed by atoms with van der Waals surface area (Å²) in [5.41, 5.74) is 6.67. The number of hydrogen-bond donors (Lipinski definition) is 2. The Morgan fingerprint density at radius 2 is 2.13 bits per heavy atom. The van der Waals surface area contributed by atoms with Crippen LogP contribution in [0, 0.1) is 5.41 Å². The number of aliphatic hydroxyl groups is 1. The zero-order chi connectivity index (χ0) is 11.5. The summed E-state index contributed by atoms with van der Waals surface area (Å²) in [6.07, 6.45) is 2.87. The van der Waals surface area contributed by atoms with E-state index in [2.05, 4.69) is 4.98 Å². The molecule has 1 atom stereocenters. The molecule has 0 radical (unpaired) electrons. The molecule has 1 aromatic heterocycles. The molecule has 0 saturated heterocycles. The van der Waals surface area contributed by atoms with E-state index in [1.807, 2.05) is 32.9 Å². The van der Waals surface area contributed by atoms with Crippen LogP contribution in [-0.2, 0) is 6.42 Å². The Bertz CT molecular complexity index is 318. The lowest BCUT2D eigenvalue weighted by Crippen LogP contribution is -2.26. The smallest absolute Gasteiger partial charge is 0.126 e. The second-order valence-electron chi connectivity index (χ2n) is 4.97. The van der Waals surface area contributed by atoms with Gasteiger partial charge in [-0.25, -0.2) is 4.98 Å². The van der Waals surface area contributed by atoms with Crippen LogP contribution in [0.2, 0.25) is 0 Å². The van der Waals surface area contributed by atoms with E-state index in [0.29, 0.717) is 5.82 Å². The normalized spacial score (nSPS) is 13.9. The summed E-state index contributed by atoms with van der Waals surface area (Å²) in [5, 5.41) is 9.88. The molecule has 0 aromatic carbocycles. The van der Waals surface area contributed by atoms with Crippen LogP contribution in [0.4, 0.5) is 5.82 Å². The van der Waals surface area contributed by atoms with Crippen molar-refractivity contribution in [2.75, 3.05) is 5.73 Å². The first-order valence-electron chi connectivity index (χ1n) is 5.28.